The fourth-order valence-corrected chi connectivity index (χ4v) is 3.65. The van der Waals surface area contributed by atoms with Crippen LogP contribution in [0.4, 0.5) is 10.1 Å². The van der Waals surface area contributed by atoms with Gasteiger partial charge >= 0.3 is 0 Å². The van der Waals surface area contributed by atoms with E-state index < -0.39 is 17.6 Å². The molecule has 6 heteroatoms. The summed E-state index contributed by atoms with van der Waals surface area (Å²) < 4.78 is 18.7. The first-order chi connectivity index (χ1) is 15.0. The molecule has 0 spiro atoms. The van der Waals surface area contributed by atoms with Crippen molar-refractivity contribution in [2.45, 2.75) is 6.54 Å². The molecule has 1 aliphatic heterocycles. The first kappa shape index (κ1) is 20.3. The number of methoxy groups -OCH3 is 1. The zero-order chi connectivity index (χ0) is 22.0. The molecule has 0 N–H and O–H groups in total. The summed E-state index contributed by atoms with van der Waals surface area (Å²) in [4.78, 5) is 29.8. The van der Waals surface area contributed by atoms with E-state index in [9.17, 15) is 14.0 Å². The van der Waals surface area contributed by atoms with Gasteiger partial charge in [-0.1, -0.05) is 42.5 Å². The Morgan fingerprint density at radius 1 is 0.871 bits per heavy atom. The van der Waals surface area contributed by atoms with E-state index in [2.05, 4.69) is 0 Å². The third kappa shape index (κ3) is 3.92. The molecule has 156 valence electrons. The maximum atomic E-state index is 13.5. The molecule has 0 aliphatic carbocycles. The van der Waals surface area contributed by atoms with E-state index in [1.165, 1.54) is 24.3 Å². The molecule has 1 heterocycles. The number of hydrogen-bond donors (Lipinski definition) is 0. The Balaban J connectivity index is 1.77. The highest BCUT2D eigenvalue weighted by Gasteiger charge is 2.41. The number of anilines is 1. The van der Waals surface area contributed by atoms with Crippen LogP contribution in [-0.4, -0.2) is 30.9 Å². The molecule has 5 nitrogen and oxygen atoms in total. The summed E-state index contributed by atoms with van der Waals surface area (Å²) >= 11 is 0. The molecule has 0 unspecified atom stereocenters. The van der Waals surface area contributed by atoms with E-state index >= 15 is 0 Å². The number of hydrogen-bond acceptors (Lipinski definition) is 4. The molecule has 3 aromatic rings. The van der Waals surface area contributed by atoms with E-state index in [1.807, 2.05) is 30.3 Å². The average Bonchev–Trinajstić information content (AvgIpc) is 3.05. The number of ether oxygens (including phenoxy) is 1. The lowest BCUT2D eigenvalue weighted by Gasteiger charge is -2.21. The number of rotatable bonds is 6. The summed E-state index contributed by atoms with van der Waals surface area (Å²) in [7, 11) is 3.32. The number of benzene rings is 3. The molecular weight excluding hydrogens is 395 g/mol. The van der Waals surface area contributed by atoms with Crippen LogP contribution in [0.2, 0.25) is 0 Å². The van der Waals surface area contributed by atoms with E-state index in [0.717, 1.165) is 10.5 Å². The van der Waals surface area contributed by atoms with Crippen LogP contribution >= 0.6 is 0 Å². The van der Waals surface area contributed by atoms with Crippen LogP contribution in [0.5, 0.6) is 5.75 Å². The fraction of sp³-hybridized carbons (Fsp3) is 0.120. The lowest BCUT2D eigenvalue weighted by Crippen LogP contribution is -2.34. The van der Waals surface area contributed by atoms with Gasteiger partial charge in [-0.25, -0.2) is 9.29 Å². The highest BCUT2D eigenvalue weighted by molar-refractivity contribution is 6.45. The summed E-state index contributed by atoms with van der Waals surface area (Å²) in [6, 6.07) is 22.0. The molecule has 0 saturated heterocycles. The number of nitrogens with zero attached hydrogens (tertiary/aromatic N) is 2. The first-order valence-corrected chi connectivity index (χ1v) is 9.77. The predicted molar refractivity (Wildman–Crippen MR) is 117 cm³/mol. The molecule has 0 radical (unpaired) electrons. The van der Waals surface area contributed by atoms with Crippen molar-refractivity contribution in [1.29, 1.82) is 0 Å². The Kier molecular flexibility index (Phi) is 5.54. The van der Waals surface area contributed by atoms with Crippen molar-refractivity contribution in [2.24, 2.45) is 0 Å². The monoisotopic (exact) mass is 416 g/mol. The molecule has 31 heavy (non-hydrogen) atoms. The minimum Gasteiger partial charge on any atom is -0.497 e. The Bertz CT molecular complexity index is 1140. The third-order valence-corrected chi connectivity index (χ3v) is 5.17. The number of halogens is 1. The smallest absolute Gasteiger partial charge is 0.282 e. The summed E-state index contributed by atoms with van der Waals surface area (Å²) in [5.74, 6) is -0.659. The molecule has 0 bridgehead atoms. The van der Waals surface area contributed by atoms with Gasteiger partial charge in [-0.2, -0.15) is 0 Å². The SMILES string of the molecule is COc1ccc(N2C(=O)C(c3ccc(F)cc3)=C(N(C)Cc3ccccc3)C2=O)cc1. The zero-order valence-electron chi connectivity index (χ0n) is 17.2. The summed E-state index contributed by atoms with van der Waals surface area (Å²) in [6.45, 7) is 0.441. The highest BCUT2D eigenvalue weighted by Crippen LogP contribution is 2.35. The largest absolute Gasteiger partial charge is 0.497 e. The van der Waals surface area contributed by atoms with Crippen LogP contribution in [0.3, 0.4) is 0 Å². The molecule has 0 fully saturated rings. The zero-order valence-corrected chi connectivity index (χ0v) is 17.2. The third-order valence-electron chi connectivity index (χ3n) is 5.17. The summed E-state index contributed by atoms with van der Waals surface area (Å²) in [5, 5.41) is 0. The number of amides is 2. The van der Waals surface area contributed by atoms with Gasteiger partial charge in [0.25, 0.3) is 11.8 Å². The number of carbonyl (C=O) groups excluding carboxylic acids is 2. The van der Waals surface area contributed by atoms with Crippen LogP contribution in [0.15, 0.2) is 84.6 Å². The van der Waals surface area contributed by atoms with Gasteiger partial charge in [0.1, 0.15) is 17.3 Å². The maximum Gasteiger partial charge on any atom is 0.282 e. The molecule has 0 atom stereocenters. The Morgan fingerprint density at radius 3 is 2.13 bits per heavy atom. The van der Waals surface area contributed by atoms with Gasteiger partial charge in [-0.15, -0.1) is 0 Å². The van der Waals surface area contributed by atoms with E-state index in [1.54, 1.807) is 43.3 Å². The Morgan fingerprint density at radius 2 is 1.52 bits per heavy atom. The van der Waals surface area contributed by atoms with Crippen molar-refractivity contribution in [3.63, 3.8) is 0 Å². The van der Waals surface area contributed by atoms with Gasteiger partial charge in [-0.05, 0) is 47.5 Å². The van der Waals surface area contributed by atoms with Crippen LogP contribution in [0.1, 0.15) is 11.1 Å². The van der Waals surface area contributed by atoms with Crippen molar-refractivity contribution in [3.8, 4) is 5.75 Å². The van der Waals surface area contributed by atoms with Crippen LogP contribution < -0.4 is 9.64 Å². The number of imide groups is 1. The molecule has 1 aliphatic rings. The second kappa shape index (κ2) is 8.44. The number of carbonyl (C=O) groups is 2. The van der Waals surface area contributed by atoms with Crippen LogP contribution in [0, 0.1) is 5.82 Å². The Labute approximate surface area is 180 Å². The van der Waals surface area contributed by atoms with E-state index in [4.69, 9.17) is 4.74 Å². The van der Waals surface area contributed by atoms with Crippen molar-refractivity contribution in [1.82, 2.24) is 4.90 Å². The van der Waals surface area contributed by atoms with Gasteiger partial charge in [-0.3, -0.25) is 9.59 Å². The minimum atomic E-state index is -0.448. The maximum absolute atomic E-state index is 13.5. The molecule has 4 rings (SSSR count). The van der Waals surface area contributed by atoms with Gasteiger partial charge < -0.3 is 9.64 Å². The van der Waals surface area contributed by atoms with Gasteiger partial charge in [0.05, 0.1) is 18.4 Å². The van der Waals surface area contributed by atoms with Crippen molar-refractivity contribution < 1.29 is 18.7 Å². The lowest BCUT2D eigenvalue weighted by atomic mass is 10.0. The summed E-state index contributed by atoms with van der Waals surface area (Å²) in [5.41, 5.74) is 2.46. The van der Waals surface area contributed by atoms with Gasteiger partial charge in [0.2, 0.25) is 0 Å². The normalized spacial score (nSPS) is 13.7. The molecule has 0 aromatic heterocycles. The predicted octanol–water partition coefficient (Wildman–Crippen LogP) is 4.25. The highest BCUT2D eigenvalue weighted by atomic mass is 19.1. The van der Waals surface area contributed by atoms with Crippen molar-refractivity contribution >= 4 is 23.1 Å². The molecule has 0 saturated carbocycles. The molecule has 3 aromatic carbocycles. The average molecular weight is 416 g/mol. The fourth-order valence-electron chi connectivity index (χ4n) is 3.65. The van der Waals surface area contributed by atoms with E-state index in [0.29, 0.717) is 23.5 Å². The van der Waals surface area contributed by atoms with E-state index in [-0.39, 0.29) is 11.3 Å². The van der Waals surface area contributed by atoms with Gasteiger partial charge in [0, 0.05) is 13.6 Å². The minimum absolute atomic E-state index is 0.249. The standard InChI is InChI=1S/C25H21FN2O3/c1-27(16-17-6-4-3-5-7-17)23-22(18-8-10-19(26)11-9-18)24(29)28(25(23)30)20-12-14-21(31-2)15-13-20/h3-15H,16H2,1-2H3. The summed E-state index contributed by atoms with van der Waals surface area (Å²) in [6.07, 6.45) is 0. The van der Waals surface area contributed by atoms with Crippen molar-refractivity contribution in [3.05, 3.63) is 102 Å². The van der Waals surface area contributed by atoms with Crippen LogP contribution in [0.25, 0.3) is 5.57 Å². The number of likely N-dealkylation sites (N-methyl/N-ethyl adjacent to an activating group) is 1. The second-order valence-corrected chi connectivity index (χ2v) is 7.22. The Hall–Kier alpha value is -3.93. The topological polar surface area (TPSA) is 49.9 Å². The van der Waals surface area contributed by atoms with Gasteiger partial charge in [0.15, 0.2) is 0 Å². The first-order valence-electron chi connectivity index (χ1n) is 9.77. The second-order valence-electron chi connectivity index (χ2n) is 7.22. The molecule has 2 amide bonds. The van der Waals surface area contributed by atoms with Crippen molar-refractivity contribution in [2.75, 3.05) is 19.1 Å². The lowest BCUT2D eigenvalue weighted by molar-refractivity contribution is -0.120. The molecular formula is C25H21FN2O3. The van der Waals surface area contributed by atoms with Crippen LogP contribution in [-0.2, 0) is 16.1 Å². The quantitative estimate of drug-likeness (QED) is 0.564.